The smallest absolute Gasteiger partial charge is 0.338 e. The number of nitrogens with one attached hydrogen (secondary N) is 2. The third kappa shape index (κ3) is 5.44. The molecular weight excluding hydrogens is 486 g/mol. The summed E-state index contributed by atoms with van der Waals surface area (Å²) in [6.07, 6.45) is 0. The summed E-state index contributed by atoms with van der Waals surface area (Å²) in [7, 11) is -4.27. The molecule has 0 bridgehead atoms. The van der Waals surface area contributed by atoms with E-state index in [1.807, 2.05) is 0 Å². The molecular formula is C23H16F2N2O7S. The van der Waals surface area contributed by atoms with Crippen LogP contribution in [0.25, 0.3) is 0 Å². The maximum Gasteiger partial charge on any atom is 0.338 e. The fourth-order valence-electron chi connectivity index (χ4n) is 3.12. The van der Waals surface area contributed by atoms with Gasteiger partial charge in [-0.3, -0.25) is 14.3 Å². The van der Waals surface area contributed by atoms with Crippen LogP contribution in [0.2, 0.25) is 0 Å². The molecule has 3 aromatic carbocycles. The van der Waals surface area contributed by atoms with Gasteiger partial charge in [0.05, 0.1) is 16.1 Å². The molecule has 35 heavy (non-hydrogen) atoms. The Hall–Kier alpha value is -4.32. The average Bonchev–Trinajstić information content (AvgIpc) is 2.83. The first kappa shape index (κ1) is 23.8. The van der Waals surface area contributed by atoms with Crippen LogP contribution in [-0.2, 0) is 19.6 Å². The number of fused-ring (bicyclic) bond motifs is 1. The molecule has 1 amide bonds. The van der Waals surface area contributed by atoms with E-state index in [0.29, 0.717) is 23.6 Å². The molecule has 0 fully saturated rings. The molecule has 4 rings (SSSR count). The van der Waals surface area contributed by atoms with Crippen LogP contribution in [0.1, 0.15) is 20.7 Å². The molecule has 0 unspecified atom stereocenters. The van der Waals surface area contributed by atoms with Crippen LogP contribution < -0.4 is 14.8 Å². The van der Waals surface area contributed by atoms with E-state index in [1.54, 1.807) is 0 Å². The molecule has 9 nitrogen and oxygen atoms in total. The SMILES string of the molecule is O=C1COc2ccc(C(=O)COC(=O)c3cccc(NS(=O)(=O)c4ccc(F)c(F)c4)c3)cc2N1. The van der Waals surface area contributed by atoms with Crippen LogP contribution in [0.15, 0.2) is 65.6 Å². The fourth-order valence-corrected chi connectivity index (χ4v) is 4.18. The zero-order chi connectivity index (χ0) is 25.2. The van der Waals surface area contributed by atoms with Crippen molar-refractivity contribution in [2.75, 3.05) is 23.3 Å². The van der Waals surface area contributed by atoms with Crippen molar-refractivity contribution in [1.82, 2.24) is 0 Å². The van der Waals surface area contributed by atoms with E-state index in [9.17, 15) is 31.6 Å². The number of sulfonamides is 1. The Bertz CT molecular complexity index is 1460. The summed E-state index contributed by atoms with van der Waals surface area (Å²) in [6.45, 7) is -0.745. The highest BCUT2D eigenvalue weighted by Gasteiger charge is 2.20. The number of Topliss-reactive ketones (excluding diaryl/α,β-unsaturated/α-hetero) is 1. The molecule has 0 saturated carbocycles. The number of carbonyl (C=O) groups excluding carboxylic acids is 3. The quantitative estimate of drug-likeness (QED) is 0.375. The highest BCUT2D eigenvalue weighted by Crippen LogP contribution is 2.28. The summed E-state index contributed by atoms with van der Waals surface area (Å²) in [4.78, 5) is 35.8. The van der Waals surface area contributed by atoms with E-state index >= 15 is 0 Å². The maximum absolute atomic E-state index is 13.4. The van der Waals surface area contributed by atoms with Gasteiger partial charge in [-0.05, 0) is 54.6 Å². The number of benzene rings is 3. The molecule has 0 spiro atoms. The zero-order valence-electron chi connectivity index (χ0n) is 17.7. The second-order valence-corrected chi connectivity index (χ2v) is 8.99. The topological polar surface area (TPSA) is 128 Å². The Morgan fingerprint density at radius 3 is 2.57 bits per heavy atom. The van der Waals surface area contributed by atoms with Crippen molar-refractivity contribution in [3.05, 3.63) is 83.4 Å². The van der Waals surface area contributed by atoms with Gasteiger partial charge in [0.2, 0.25) is 0 Å². The van der Waals surface area contributed by atoms with Crippen LogP contribution in [0.3, 0.4) is 0 Å². The van der Waals surface area contributed by atoms with Crippen LogP contribution in [-0.4, -0.2) is 39.3 Å². The van der Waals surface area contributed by atoms with Crippen molar-refractivity contribution >= 4 is 39.1 Å². The van der Waals surface area contributed by atoms with Gasteiger partial charge in [0.1, 0.15) is 5.75 Å². The molecule has 0 radical (unpaired) electrons. The lowest BCUT2D eigenvalue weighted by Crippen LogP contribution is -2.25. The highest BCUT2D eigenvalue weighted by atomic mass is 32.2. The van der Waals surface area contributed by atoms with Crippen LogP contribution in [0.4, 0.5) is 20.2 Å². The van der Waals surface area contributed by atoms with Gasteiger partial charge in [0.15, 0.2) is 30.6 Å². The lowest BCUT2D eigenvalue weighted by atomic mass is 10.1. The first-order valence-corrected chi connectivity index (χ1v) is 11.5. The van der Waals surface area contributed by atoms with E-state index in [2.05, 4.69) is 10.0 Å². The summed E-state index contributed by atoms with van der Waals surface area (Å²) in [6, 6.07) is 11.7. The van der Waals surface area contributed by atoms with Crippen molar-refractivity contribution < 1.29 is 41.1 Å². The minimum atomic E-state index is -4.27. The lowest BCUT2D eigenvalue weighted by Gasteiger charge is -2.18. The summed E-state index contributed by atoms with van der Waals surface area (Å²) < 4.78 is 63.8. The average molecular weight is 502 g/mol. The summed E-state index contributed by atoms with van der Waals surface area (Å²) >= 11 is 0. The van der Waals surface area contributed by atoms with Gasteiger partial charge in [-0.15, -0.1) is 0 Å². The first-order valence-electron chi connectivity index (χ1n) is 9.97. The van der Waals surface area contributed by atoms with Crippen molar-refractivity contribution in [2.45, 2.75) is 4.90 Å². The van der Waals surface area contributed by atoms with E-state index < -0.39 is 44.9 Å². The second kappa shape index (κ2) is 9.50. The van der Waals surface area contributed by atoms with Gasteiger partial charge in [-0.1, -0.05) is 6.07 Å². The van der Waals surface area contributed by atoms with Gasteiger partial charge >= 0.3 is 5.97 Å². The number of amides is 1. The molecule has 3 aromatic rings. The number of esters is 1. The maximum atomic E-state index is 13.4. The predicted octanol–water partition coefficient (Wildman–Crippen LogP) is 3.14. The molecule has 1 aliphatic heterocycles. The normalized spacial score (nSPS) is 12.7. The molecule has 1 aliphatic rings. The minimum Gasteiger partial charge on any atom is -0.482 e. The number of rotatable bonds is 7. The van der Waals surface area contributed by atoms with Crippen LogP contribution in [0.5, 0.6) is 5.75 Å². The van der Waals surface area contributed by atoms with Crippen molar-refractivity contribution in [3.63, 3.8) is 0 Å². The van der Waals surface area contributed by atoms with Crippen molar-refractivity contribution in [2.24, 2.45) is 0 Å². The van der Waals surface area contributed by atoms with E-state index in [0.717, 1.165) is 12.1 Å². The number of anilines is 2. The Labute approximate surface area is 197 Å². The highest BCUT2D eigenvalue weighted by molar-refractivity contribution is 7.92. The van der Waals surface area contributed by atoms with Gasteiger partial charge in [0.25, 0.3) is 15.9 Å². The Balaban J connectivity index is 1.42. The lowest BCUT2D eigenvalue weighted by molar-refractivity contribution is -0.118. The second-order valence-electron chi connectivity index (χ2n) is 7.31. The Morgan fingerprint density at radius 1 is 1.00 bits per heavy atom. The van der Waals surface area contributed by atoms with E-state index in [1.165, 1.54) is 36.4 Å². The fraction of sp³-hybridized carbons (Fsp3) is 0.0870. The number of hydrogen-bond acceptors (Lipinski definition) is 7. The van der Waals surface area contributed by atoms with Crippen molar-refractivity contribution in [3.8, 4) is 5.75 Å². The van der Waals surface area contributed by atoms with E-state index in [4.69, 9.17) is 9.47 Å². The number of halogens is 2. The molecule has 0 aromatic heterocycles. The van der Waals surface area contributed by atoms with E-state index in [-0.39, 0.29) is 29.3 Å². The Morgan fingerprint density at radius 2 is 1.80 bits per heavy atom. The largest absolute Gasteiger partial charge is 0.482 e. The first-order chi connectivity index (χ1) is 16.6. The molecule has 0 atom stereocenters. The predicted molar refractivity (Wildman–Crippen MR) is 119 cm³/mol. The van der Waals surface area contributed by atoms with Crippen LogP contribution >= 0.6 is 0 Å². The molecule has 1 heterocycles. The Kier molecular flexibility index (Phi) is 6.47. The standard InChI is InChI=1S/C23H16F2N2O7S/c24-17-6-5-16(10-18(17)25)35(31,32)27-15-3-1-2-14(8-15)23(30)34-11-20(28)13-4-7-21-19(9-13)26-22(29)12-33-21/h1-10,27H,11-12H2,(H,26,29). The summed E-state index contributed by atoms with van der Waals surface area (Å²) in [5.41, 5.74) is 0.394. The monoisotopic (exact) mass is 502 g/mol. The summed E-state index contributed by atoms with van der Waals surface area (Å²) in [5.74, 6) is -3.94. The number of ether oxygens (including phenoxy) is 2. The molecule has 180 valence electrons. The third-order valence-electron chi connectivity index (χ3n) is 4.82. The zero-order valence-corrected chi connectivity index (χ0v) is 18.5. The number of ketones is 1. The molecule has 2 N–H and O–H groups in total. The van der Waals surface area contributed by atoms with Gasteiger partial charge in [-0.2, -0.15) is 0 Å². The van der Waals surface area contributed by atoms with Gasteiger partial charge in [0, 0.05) is 11.3 Å². The van der Waals surface area contributed by atoms with Crippen molar-refractivity contribution in [1.29, 1.82) is 0 Å². The number of carbonyl (C=O) groups is 3. The van der Waals surface area contributed by atoms with Gasteiger partial charge in [-0.25, -0.2) is 22.0 Å². The van der Waals surface area contributed by atoms with Crippen LogP contribution in [0, 0.1) is 11.6 Å². The molecule has 0 aliphatic carbocycles. The number of hydrogen-bond donors (Lipinski definition) is 2. The molecule has 0 saturated heterocycles. The minimum absolute atomic E-state index is 0.0408. The van der Waals surface area contributed by atoms with Gasteiger partial charge < -0.3 is 14.8 Å². The summed E-state index contributed by atoms with van der Waals surface area (Å²) in [5, 5.41) is 2.57. The molecule has 12 heteroatoms. The third-order valence-corrected chi connectivity index (χ3v) is 6.20.